The van der Waals surface area contributed by atoms with Crippen LogP contribution in [0.4, 0.5) is 0 Å². The highest BCUT2D eigenvalue weighted by molar-refractivity contribution is 7.99. The van der Waals surface area contributed by atoms with Gasteiger partial charge in [-0.2, -0.15) is 4.31 Å². The van der Waals surface area contributed by atoms with Crippen LogP contribution >= 0.6 is 23.1 Å². The van der Waals surface area contributed by atoms with Gasteiger partial charge in [-0.05, 0) is 41.9 Å². The highest BCUT2D eigenvalue weighted by Crippen LogP contribution is 2.41. The standard InChI is InChI=1S/C22H20N4O3S3/c1-15-19-21(24-14-25-22(19)31-20(15)16-5-3-2-4-6-16)30-18-8-7-17(13-23-18)32(27,28)26-9-11-29-12-10-26/h2-8,13-14H,9-12H2,1H3. The van der Waals surface area contributed by atoms with Crippen molar-refractivity contribution in [3.05, 3.63) is 60.6 Å². The Balaban J connectivity index is 1.44. The predicted octanol–water partition coefficient (Wildman–Crippen LogP) is 4.23. The molecule has 0 atom stereocenters. The fourth-order valence-corrected chi connectivity index (χ4v) is 7.06. The van der Waals surface area contributed by atoms with Gasteiger partial charge in [0, 0.05) is 29.5 Å². The maximum atomic E-state index is 12.8. The van der Waals surface area contributed by atoms with E-state index in [-0.39, 0.29) is 4.90 Å². The van der Waals surface area contributed by atoms with Gasteiger partial charge in [0.15, 0.2) is 0 Å². The van der Waals surface area contributed by atoms with Gasteiger partial charge in [-0.15, -0.1) is 11.3 Å². The molecule has 1 aliphatic rings. The third kappa shape index (κ3) is 4.04. The first-order valence-electron chi connectivity index (χ1n) is 10.1. The summed E-state index contributed by atoms with van der Waals surface area (Å²) in [6.07, 6.45) is 2.98. The van der Waals surface area contributed by atoms with E-state index in [1.54, 1.807) is 29.8 Å². The Labute approximate surface area is 194 Å². The lowest BCUT2D eigenvalue weighted by molar-refractivity contribution is 0.0730. The Hall–Kier alpha value is -2.37. The molecule has 7 nitrogen and oxygen atoms in total. The molecule has 0 aliphatic carbocycles. The number of hydrogen-bond donors (Lipinski definition) is 0. The Morgan fingerprint density at radius 1 is 1.03 bits per heavy atom. The number of nitrogens with zero attached hydrogens (tertiary/aromatic N) is 4. The van der Waals surface area contributed by atoms with Gasteiger partial charge in [-0.3, -0.25) is 0 Å². The number of morpholine rings is 1. The molecule has 0 bridgehead atoms. The van der Waals surface area contributed by atoms with Crippen molar-refractivity contribution in [3.63, 3.8) is 0 Å². The van der Waals surface area contributed by atoms with E-state index in [1.807, 2.05) is 18.2 Å². The largest absolute Gasteiger partial charge is 0.379 e. The number of pyridine rings is 1. The average molecular weight is 485 g/mol. The second-order valence-electron chi connectivity index (χ2n) is 7.23. The number of hydrogen-bond acceptors (Lipinski definition) is 8. The van der Waals surface area contributed by atoms with Gasteiger partial charge in [0.1, 0.15) is 26.1 Å². The molecule has 0 saturated carbocycles. The number of benzene rings is 1. The van der Waals surface area contributed by atoms with Crippen LogP contribution in [0.5, 0.6) is 0 Å². The van der Waals surface area contributed by atoms with Gasteiger partial charge < -0.3 is 4.74 Å². The van der Waals surface area contributed by atoms with Crippen LogP contribution in [0.1, 0.15) is 5.56 Å². The van der Waals surface area contributed by atoms with Crippen molar-refractivity contribution in [3.8, 4) is 10.4 Å². The van der Waals surface area contributed by atoms with E-state index >= 15 is 0 Å². The molecule has 1 aliphatic heterocycles. The van der Waals surface area contributed by atoms with E-state index in [4.69, 9.17) is 4.74 Å². The molecule has 164 valence electrons. The van der Waals surface area contributed by atoms with Crippen molar-refractivity contribution in [1.29, 1.82) is 0 Å². The SMILES string of the molecule is Cc1c(-c2ccccc2)sc2ncnc(Sc3ccc(S(=O)(=O)N4CCOCC4)cn3)c12. The number of thiophene rings is 1. The van der Waals surface area contributed by atoms with Crippen LogP contribution in [0.2, 0.25) is 0 Å². The van der Waals surface area contributed by atoms with Crippen LogP contribution in [0, 0.1) is 6.92 Å². The van der Waals surface area contributed by atoms with Crippen LogP contribution in [-0.2, 0) is 14.8 Å². The minimum atomic E-state index is -3.56. The lowest BCUT2D eigenvalue weighted by Gasteiger charge is -2.25. The summed E-state index contributed by atoms with van der Waals surface area (Å²) in [5, 5.41) is 2.49. The number of aryl methyl sites for hydroxylation is 1. The van der Waals surface area contributed by atoms with Crippen molar-refractivity contribution in [2.24, 2.45) is 0 Å². The summed E-state index contributed by atoms with van der Waals surface area (Å²) in [7, 11) is -3.56. The van der Waals surface area contributed by atoms with Gasteiger partial charge in [-0.25, -0.2) is 23.4 Å². The zero-order chi connectivity index (χ0) is 22.1. The second-order valence-corrected chi connectivity index (χ2v) is 11.2. The van der Waals surface area contributed by atoms with Gasteiger partial charge in [0.05, 0.1) is 13.2 Å². The van der Waals surface area contributed by atoms with E-state index in [0.29, 0.717) is 31.3 Å². The number of rotatable bonds is 5. The molecule has 1 fully saturated rings. The molecule has 3 aromatic heterocycles. The van der Waals surface area contributed by atoms with Gasteiger partial charge >= 0.3 is 0 Å². The molecule has 5 rings (SSSR count). The van der Waals surface area contributed by atoms with E-state index < -0.39 is 10.0 Å². The molecule has 0 N–H and O–H groups in total. The second kappa shape index (κ2) is 8.87. The number of sulfonamides is 1. The molecular weight excluding hydrogens is 464 g/mol. The first-order valence-corrected chi connectivity index (χ1v) is 13.1. The quantitative estimate of drug-likeness (QED) is 0.392. The zero-order valence-electron chi connectivity index (χ0n) is 17.3. The Bertz CT molecular complexity index is 1350. The lowest BCUT2D eigenvalue weighted by Crippen LogP contribution is -2.40. The van der Waals surface area contributed by atoms with E-state index in [9.17, 15) is 8.42 Å². The highest BCUT2D eigenvalue weighted by atomic mass is 32.2. The molecule has 1 aromatic carbocycles. The molecule has 4 aromatic rings. The molecule has 4 heterocycles. The summed E-state index contributed by atoms with van der Waals surface area (Å²) in [4.78, 5) is 15.6. The van der Waals surface area contributed by atoms with Crippen molar-refractivity contribution in [1.82, 2.24) is 19.3 Å². The fourth-order valence-electron chi connectivity index (χ4n) is 3.60. The maximum absolute atomic E-state index is 12.8. The van der Waals surface area contributed by atoms with Crippen molar-refractivity contribution in [2.45, 2.75) is 21.9 Å². The molecule has 0 unspecified atom stereocenters. The van der Waals surface area contributed by atoms with Crippen LogP contribution in [0.25, 0.3) is 20.7 Å². The Morgan fingerprint density at radius 2 is 1.81 bits per heavy atom. The number of aromatic nitrogens is 3. The zero-order valence-corrected chi connectivity index (χ0v) is 19.7. The number of ether oxygens (including phenoxy) is 1. The summed E-state index contributed by atoms with van der Waals surface area (Å²) < 4.78 is 32.3. The molecule has 0 radical (unpaired) electrons. The number of fused-ring (bicyclic) bond motifs is 1. The minimum absolute atomic E-state index is 0.190. The Morgan fingerprint density at radius 3 is 2.53 bits per heavy atom. The molecule has 10 heteroatoms. The summed E-state index contributed by atoms with van der Waals surface area (Å²) in [5.74, 6) is 0. The summed E-state index contributed by atoms with van der Waals surface area (Å²) in [6.45, 7) is 3.63. The predicted molar refractivity (Wildman–Crippen MR) is 126 cm³/mol. The summed E-state index contributed by atoms with van der Waals surface area (Å²) >= 11 is 3.05. The fraction of sp³-hybridized carbons (Fsp3) is 0.227. The monoisotopic (exact) mass is 484 g/mol. The first kappa shape index (κ1) is 21.5. The van der Waals surface area contributed by atoms with Crippen molar-refractivity contribution >= 4 is 43.3 Å². The molecule has 0 amide bonds. The van der Waals surface area contributed by atoms with Crippen LogP contribution in [0.3, 0.4) is 0 Å². The Kier molecular flexibility index (Phi) is 5.95. The van der Waals surface area contributed by atoms with E-state index in [2.05, 4.69) is 34.0 Å². The lowest BCUT2D eigenvalue weighted by atomic mass is 10.1. The average Bonchev–Trinajstić information content (AvgIpc) is 3.18. The van der Waals surface area contributed by atoms with Crippen LogP contribution in [-0.4, -0.2) is 54.0 Å². The summed E-state index contributed by atoms with van der Waals surface area (Å²) in [6, 6.07) is 13.6. The van der Waals surface area contributed by atoms with Gasteiger partial charge in [-0.1, -0.05) is 30.3 Å². The van der Waals surface area contributed by atoms with Gasteiger partial charge in [0.2, 0.25) is 10.0 Å². The molecule has 1 saturated heterocycles. The third-order valence-electron chi connectivity index (χ3n) is 5.25. The smallest absolute Gasteiger partial charge is 0.244 e. The first-order chi connectivity index (χ1) is 15.5. The molecular formula is C22H20N4O3S3. The van der Waals surface area contributed by atoms with Crippen LogP contribution in [0.15, 0.2) is 69.9 Å². The van der Waals surface area contributed by atoms with Crippen molar-refractivity contribution < 1.29 is 13.2 Å². The normalized spacial score (nSPS) is 15.3. The molecule has 0 spiro atoms. The van der Waals surface area contributed by atoms with Gasteiger partial charge in [0.25, 0.3) is 0 Å². The highest BCUT2D eigenvalue weighted by Gasteiger charge is 2.26. The topological polar surface area (TPSA) is 85.3 Å². The maximum Gasteiger partial charge on any atom is 0.244 e. The third-order valence-corrected chi connectivity index (χ3v) is 9.33. The molecule has 32 heavy (non-hydrogen) atoms. The van der Waals surface area contributed by atoms with E-state index in [1.165, 1.54) is 27.1 Å². The van der Waals surface area contributed by atoms with Crippen LogP contribution < -0.4 is 0 Å². The minimum Gasteiger partial charge on any atom is -0.379 e. The van der Waals surface area contributed by atoms with Crippen molar-refractivity contribution in [2.75, 3.05) is 26.3 Å². The van der Waals surface area contributed by atoms with E-state index in [0.717, 1.165) is 26.4 Å². The summed E-state index contributed by atoms with van der Waals surface area (Å²) in [5.41, 5.74) is 2.28.